The Morgan fingerprint density at radius 1 is 1.43 bits per heavy atom. The number of nitrogens with zero attached hydrogens (tertiary/aromatic N) is 2. The van der Waals surface area contributed by atoms with Crippen LogP contribution in [0.2, 0.25) is 0 Å². The Balaban J connectivity index is 2.78. The number of ether oxygens (including phenoxy) is 1. The lowest BCUT2D eigenvalue weighted by Gasteiger charge is -2.00. The minimum atomic E-state index is -1.01. The van der Waals surface area contributed by atoms with Crippen LogP contribution < -0.4 is 4.74 Å². The minimum Gasteiger partial charge on any atom is -0.494 e. The van der Waals surface area contributed by atoms with Crippen LogP contribution in [0.4, 0.5) is 0 Å². The predicted octanol–water partition coefficient (Wildman–Crippen LogP) is 1.40. The summed E-state index contributed by atoms with van der Waals surface area (Å²) < 4.78 is 12.9. The second-order valence-electron chi connectivity index (χ2n) is 2.58. The van der Waals surface area contributed by atoms with Gasteiger partial charge >= 0.3 is 5.97 Å². The number of carboxylic acids is 1. The number of carboxylic acid groups (broad SMARTS) is 1. The van der Waals surface area contributed by atoms with Crippen LogP contribution in [0.25, 0.3) is 11.0 Å². The average Bonchev–Trinajstić information content (AvgIpc) is 2.64. The largest absolute Gasteiger partial charge is 0.494 e. The van der Waals surface area contributed by atoms with Crippen molar-refractivity contribution >= 4 is 28.7 Å². The Morgan fingerprint density at radius 3 is 2.79 bits per heavy atom. The van der Waals surface area contributed by atoms with Crippen LogP contribution in [0.15, 0.2) is 12.1 Å². The summed E-state index contributed by atoms with van der Waals surface area (Å²) in [5.74, 6) is -0.468. The molecule has 0 amide bonds. The number of benzene rings is 1. The molecule has 1 N–H and O–H groups in total. The average molecular weight is 210 g/mol. The van der Waals surface area contributed by atoms with E-state index in [0.29, 0.717) is 16.8 Å². The van der Waals surface area contributed by atoms with E-state index in [1.165, 1.54) is 13.2 Å². The minimum absolute atomic E-state index is 0.148. The number of methoxy groups -OCH3 is 1. The van der Waals surface area contributed by atoms with Gasteiger partial charge < -0.3 is 9.84 Å². The fourth-order valence-corrected chi connectivity index (χ4v) is 1.75. The second kappa shape index (κ2) is 3.22. The molecule has 0 aliphatic heterocycles. The van der Waals surface area contributed by atoms with E-state index in [2.05, 4.69) is 8.75 Å². The monoisotopic (exact) mass is 210 g/mol. The molecule has 0 unspecified atom stereocenters. The first-order chi connectivity index (χ1) is 6.74. The molecule has 0 spiro atoms. The van der Waals surface area contributed by atoms with E-state index in [-0.39, 0.29) is 5.56 Å². The van der Waals surface area contributed by atoms with Crippen LogP contribution in [0.3, 0.4) is 0 Å². The molecule has 0 bridgehead atoms. The van der Waals surface area contributed by atoms with Gasteiger partial charge in [0.25, 0.3) is 0 Å². The van der Waals surface area contributed by atoms with Crippen molar-refractivity contribution in [2.24, 2.45) is 0 Å². The van der Waals surface area contributed by atoms with Gasteiger partial charge in [-0.3, -0.25) is 0 Å². The predicted molar refractivity (Wildman–Crippen MR) is 50.9 cm³/mol. The highest BCUT2D eigenvalue weighted by Crippen LogP contribution is 2.26. The SMILES string of the molecule is COc1ccc(C(=O)O)c2nsnc12. The van der Waals surface area contributed by atoms with E-state index >= 15 is 0 Å². The quantitative estimate of drug-likeness (QED) is 0.811. The molecule has 0 saturated heterocycles. The molecule has 5 nitrogen and oxygen atoms in total. The van der Waals surface area contributed by atoms with Crippen LogP contribution in [0.5, 0.6) is 5.75 Å². The van der Waals surface area contributed by atoms with Crippen LogP contribution in [-0.2, 0) is 0 Å². The van der Waals surface area contributed by atoms with E-state index in [9.17, 15) is 4.79 Å². The highest BCUT2D eigenvalue weighted by atomic mass is 32.1. The molecule has 0 radical (unpaired) electrons. The van der Waals surface area contributed by atoms with Crippen molar-refractivity contribution in [3.63, 3.8) is 0 Å². The summed E-state index contributed by atoms with van der Waals surface area (Å²) in [5.41, 5.74) is 1.02. The highest BCUT2D eigenvalue weighted by Gasteiger charge is 2.14. The standard InChI is InChI=1S/C8H6N2O3S/c1-13-5-3-2-4(8(11)12)6-7(5)10-14-9-6/h2-3H,1H3,(H,11,12). The van der Waals surface area contributed by atoms with Crippen LogP contribution in [-0.4, -0.2) is 26.9 Å². The fourth-order valence-electron chi connectivity index (χ4n) is 1.18. The van der Waals surface area contributed by atoms with Crippen LogP contribution in [0.1, 0.15) is 10.4 Å². The molecule has 6 heteroatoms. The zero-order valence-corrected chi connectivity index (χ0v) is 8.04. The van der Waals surface area contributed by atoms with Crippen molar-refractivity contribution in [1.29, 1.82) is 0 Å². The van der Waals surface area contributed by atoms with E-state index in [1.54, 1.807) is 6.07 Å². The molecule has 72 valence electrons. The van der Waals surface area contributed by atoms with Gasteiger partial charge in [0.05, 0.1) is 24.4 Å². The molecule has 2 rings (SSSR count). The van der Waals surface area contributed by atoms with Gasteiger partial charge in [0.15, 0.2) is 0 Å². The molecule has 1 aromatic heterocycles. The lowest BCUT2D eigenvalue weighted by atomic mass is 10.2. The molecule has 0 fully saturated rings. The third kappa shape index (κ3) is 1.20. The molecular formula is C8H6N2O3S. The third-order valence-electron chi connectivity index (χ3n) is 1.83. The molecule has 0 aliphatic rings. The molecular weight excluding hydrogens is 204 g/mol. The zero-order valence-electron chi connectivity index (χ0n) is 7.22. The summed E-state index contributed by atoms with van der Waals surface area (Å²) in [6, 6.07) is 3.04. The smallest absolute Gasteiger partial charge is 0.338 e. The highest BCUT2D eigenvalue weighted by molar-refractivity contribution is 7.00. The van der Waals surface area contributed by atoms with Gasteiger partial charge in [-0.2, -0.15) is 8.75 Å². The molecule has 14 heavy (non-hydrogen) atoms. The number of hydrogen-bond donors (Lipinski definition) is 1. The lowest BCUT2D eigenvalue weighted by molar-refractivity contribution is 0.0699. The number of aromatic carboxylic acids is 1. The van der Waals surface area contributed by atoms with E-state index in [4.69, 9.17) is 9.84 Å². The number of aromatic nitrogens is 2. The Labute approximate surface area is 83.3 Å². The summed E-state index contributed by atoms with van der Waals surface area (Å²) in [6.45, 7) is 0. The van der Waals surface area contributed by atoms with Gasteiger partial charge in [-0.05, 0) is 12.1 Å². The number of fused-ring (bicyclic) bond motifs is 1. The van der Waals surface area contributed by atoms with Crippen molar-refractivity contribution < 1.29 is 14.6 Å². The molecule has 0 atom stereocenters. The maximum Gasteiger partial charge on any atom is 0.338 e. The summed E-state index contributed by atoms with van der Waals surface area (Å²) in [6.07, 6.45) is 0. The maximum atomic E-state index is 10.8. The van der Waals surface area contributed by atoms with Gasteiger partial charge in [0.2, 0.25) is 0 Å². The third-order valence-corrected chi connectivity index (χ3v) is 2.36. The zero-order chi connectivity index (χ0) is 10.1. The first-order valence-electron chi connectivity index (χ1n) is 3.76. The molecule has 2 aromatic rings. The first-order valence-corrected chi connectivity index (χ1v) is 4.49. The van der Waals surface area contributed by atoms with Gasteiger partial charge in [-0.1, -0.05) is 0 Å². The van der Waals surface area contributed by atoms with Crippen molar-refractivity contribution in [1.82, 2.24) is 8.75 Å². The van der Waals surface area contributed by atoms with Crippen LogP contribution in [0, 0.1) is 0 Å². The lowest BCUT2D eigenvalue weighted by Crippen LogP contribution is -1.98. The summed E-state index contributed by atoms with van der Waals surface area (Å²) in [7, 11) is 1.51. The topological polar surface area (TPSA) is 72.3 Å². The molecule has 0 saturated carbocycles. The normalized spacial score (nSPS) is 10.4. The Morgan fingerprint density at radius 2 is 2.14 bits per heavy atom. The van der Waals surface area contributed by atoms with Crippen molar-refractivity contribution in [2.45, 2.75) is 0 Å². The maximum absolute atomic E-state index is 10.8. The fraction of sp³-hybridized carbons (Fsp3) is 0.125. The Hall–Kier alpha value is -1.69. The number of carbonyl (C=O) groups is 1. The van der Waals surface area contributed by atoms with E-state index in [0.717, 1.165) is 11.7 Å². The Kier molecular flexibility index (Phi) is 2.05. The summed E-state index contributed by atoms with van der Waals surface area (Å²) in [5, 5.41) is 8.86. The molecule has 1 heterocycles. The van der Waals surface area contributed by atoms with Gasteiger partial charge in [-0.15, -0.1) is 0 Å². The number of rotatable bonds is 2. The van der Waals surface area contributed by atoms with Crippen LogP contribution >= 0.6 is 11.7 Å². The van der Waals surface area contributed by atoms with E-state index < -0.39 is 5.97 Å². The van der Waals surface area contributed by atoms with Gasteiger partial charge in [0, 0.05) is 0 Å². The Bertz CT molecular complexity index is 494. The van der Waals surface area contributed by atoms with Crippen molar-refractivity contribution in [3.05, 3.63) is 17.7 Å². The second-order valence-corrected chi connectivity index (χ2v) is 3.11. The van der Waals surface area contributed by atoms with Crippen molar-refractivity contribution in [3.8, 4) is 5.75 Å². The molecule has 1 aromatic carbocycles. The summed E-state index contributed by atoms with van der Waals surface area (Å²) >= 11 is 0.971. The van der Waals surface area contributed by atoms with E-state index in [1.807, 2.05) is 0 Å². The number of hydrogen-bond acceptors (Lipinski definition) is 5. The van der Waals surface area contributed by atoms with Crippen molar-refractivity contribution in [2.75, 3.05) is 7.11 Å². The van der Waals surface area contributed by atoms with Gasteiger partial charge in [-0.25, -0.2) is 4.79 Å². The molecule has 0 aliphatic carbocycles. The van der Waals surface area contributed by atoms with Gasteiger partial charge in [0.1, 0.15) is 16.8 Å². The first kappa shape index (κ1) is 8.89. The summed E-state index contributed by atoms with van der Waals surface area (Å²) in [4.78, 5) is 10.8.